The van der Waals surface area contributed by atoms with Crippen LogP contribution in [0.2, 0.25) is 0 Å². The number of aliphatic hydroxyl groups excluding tert-OH is 9. The van der Waals surface area contributed by atoms with Gasteiger partial charge >= 0.3 is 0 Å². The minimum Gasteiger partial charge on any atom is -0.507 e. The third-order valence-corrected chi connectivity index (χ3v) is 8.31. The fourth-order valence-electron chi connectivity index (χ4n) is 5.60. The first kappa shape index (κ1) is 39.4. The van der Waals surface area contributed by atoms with Crippen LogP contribution in [-0.4, -0.2) is 159 Å². The van der Waals surface area contributed by atoms with Crippen molar-refractivity contribution in [2.24, 2.45) is 0 Å². The van der Waals surface area contributed by atoms with Crippen molar-refractivity contribution in [1.29, 1.82) is 0 Å². The number of fused-ring (bicyclic) bond motifs is 1. The molecule has 19 nitrogen and oxygen atoms in total. The van der Waals surface area contributed by atoms with Crippen LogP contribution in [-0.2, 0) is 14.2 Å². The molecule has 0 bridgehead atoms. The third-order valence-electron chi connectivity index (χ3n) is 8.31. The van der Waals surface area contributed by atoms with Gasteiger partial charge in [0.2, 0.25) is 17.5 Å². The van der Waals surface area contributed by atoms with Crippen molar-refractivity contribution < 1.29 is 88.6 Å². The Morgan fingerprint density at radius 1 is 0.712 bits per heavy atom. The quantitative estimate of drug-likeness (QED) is 0.0758. The molecule has 0 aliphatic carbocycles. The number of ether oxygens (including phenoxy) is 7. The Balaban J connectivity index is 1.53. The molecule has 0 saturated carbocycles. The Morgan fingerprint density at radius 2 is 1.35 bits per heavy atom. The van der Waals surface area contributed by atoms with E-state index in [9.17, 15) is 55.9 Å². The van der Waals surface area contributed by atoms with Crippen LogP contribution in [0, 0.1) is 0 Å². The van der Waals surface area contributed by atoms with Crippen LogP contribution in [0.4, 0.5) is 0 Å². The van der Waals surface area contributed by atoms with E-state index in [0.717, 1.165) is 6.07 Å². The van der Waals surface area contributed by atoms with Crippen LogP contribution in [0.5, 0.6) is 28.7 Å². The number of benzene rings is 2. The molecule has 10 atom stereocenters. The first-order valence-corrected chi connectivity index (χ1v) is 16.3. The van der Waals surface area contributed by atoms with E-state index in [0.29, 0.717) is 0 Å². The minimum atomic E-state index is -1.98. The molecule has 10 N–H and O–H groups in total. The van der Waals surface area contributed by atoms with E-state index in [-0.39, 0.29) is 79.2 Å². The summed E-state index contributed by atoms with van der Waals surface area (Å²) in [5, 5.41) is 101. The number of aromatic hydroxyl groups is 1. The number of phenols is 1. The van der Waals surface area contributed by atoms with E-state index in [1.165, 1.54) is 31.2 Å². The lowest BCUT2D eigenvalue weighted by Crippen LogP contribution is -2.61. The monoisotopic (exact) mass is 742 g/mol. The molecule has 288 valence electrons. The van der Waals surface area contributed by atoms with Gasteiger partial charge in [-0.15, -0.1) is 0 Å². The van der Waals surface area contributed by atoms with E-state index in [1.807, 2.05) is 0 Å². The second-order valence-electron chi connectivity index (χ2n) is 11.9. The molecule has 0 spiro atoms. The van der Waals surface area contributed by atoms with Crippen LogP contribution in [0.3, 0.4) is 0 Å². The zero-order chi connectivity index (χ0) is 37.7. The molecule has 0 unspecified atom stereocenters. The van der Waals surface area contributed by atoms with Gasteiger partial charge in [0.15, 0.2) is 23.5 Å². The molecular weight excluding hydrogens is 700 g/mol. The standard InChI is InChI=1S/C33H42O19/c1-14-23(38)26(41)28(43)32(49-14)48-13-21-24(39)27(42)29(44)33(51-21)52-31-25(40)22-17(37)11-16(45-7-4-34)12-20(22)50-30(31)15-2-3-18(46-8-5-35)19(10-15)47-9-6-36/h2-3,10-12,14,21,23-24,26-29,32-39,41-44H,4-9,13H2,1H3/t14-,21+,23-,24+,26+,27-,28+,29+,32-,33+/m0/s1. The topological polar surface area (TPSA) is 297 Å². The van der Waals surface area contributed by atoms with Crippen LogP contribution < -0.4 is 24.4 Å². The normalized spacial score (nSPS) is 29.2. The fourth-order valence-corrected chi connectivity index (χ4v) is 5.60. The highest BCUT2D eigenvalue weighted by Crippen LogP contribution is 2.40. The van der Waals surface area contributed by atoms with Gasteiger partial charge in [-0.1, -0.05) is 0 Å². The molecule has 2 fully saturated rings. The molecule has 0 amide bonds. The summed E-state index contributed by atoms with van der Waals surface area (Å²) in [5.41, 5.74) is -1.08. The number of hydrogen-bond acceptors (Lipinski definition) is 19. The molecule has 5 rings (SSSR count). The molecule has 0 radical (unpaired) electrons. The molecule has 2 aliphatic rings. The molecule has 52 heavy (non-hydrogen) atoms. The van der Waals surface area contributed by atoms with Crippen molar-refractivity contribution in [3.63, 3.8) is 0 Å². The van der Waals surface area contributed by atoms with Crippen molar-refractivity contribution in [2.45, 2.75) is 68.3 Å². The molecule has 3 aromatic rings. The summed E-state index contributed by atoms with van der Waals surface area (Å²) < 4.78 is 45.1. The molecule has 3 heterocycles. The minimum absolute atomic E-state index is 0.0380. The van der Waals surface area contributed by atoms with Gasteiger partial charge in [0.1, 0.15) is 85.0 Å². The van der Waals surface area contributed by atoms with Gasteiger partial charge < -0.3 is 88.6 Å². The lowest BCUT2D eigenvalue weighted by atomic mass is 9.98. The maximum Gasteiger partial charge on any atom is 0.239 e. The van der Waals surface area contributed by atoms with Gasteiger partial charge in [-0.3, -0.25) is 4.79 Å². The summed E-state index contributed by atoms with van der Waals surface area (Å²) in [4.78, 5) is 14.1. The predicted octanol–water partition coefficient (Wildman–Crippen LogP) is -2.69. The SMILES string of the molecule is C[C@@H]1O[C@H](OC[C@H]2O[C@H](Oc3c(-c4ccc(OCCO)c(OCCO)c4)oc4cc(OCCO)cc(O)c4c3=O)[C@H](O)[C@@H](O)[C@@H]2O)[C@H](O)[C@H](O)[C@H]1O. The van der Waals surface area contributed by atoms with E-state index in [2.05, 4.69) is 0 Å². The van der Waals surface area contributed by atoms with E-state index in [1.54, 1.807) is 0 Å². The van der Waals surface area contributed by atoms with E-state index >= 15 is 0 Å². The maximum atomic E-state index is 14.1. The zero-order valence-electron chi connectivity index (χ0n) is 27.8. The number of phenolic OH excluding ortho intramolecular Hbond substituents is 1. The second-order valence-corrected chi connectivity index (χ2v) is 11.9. The molecule has 2 aliphatic heterocycles. The maximum absolute atomic E-state index is 14.1. The average molecular weight is 743 g/mol. The molecular formula is C33H42O19. The molecule has 2 aromatic carbocycles. The third kappa shape index (κ3) is 8.36. The average Bonchev–Trinajstić information content (AvgIpc) is 3.13. The Labute approximate surface area is 294 Å². The molecule has 19 heteroatoms. The fraction of sp³-hybridized carbons (Fsp3) is 0.545. The highest BCUT2D eigenvalue weighted by Gasteiger charge is 2.48. The Bertz CT molecular complexity index is 1700. The van der Waals surface area contributed by atoms with Crippen LogP contribution in [0.1, 0.15) is 6.92 Å². The predicted molar refractivity (Wildman–Crippen MR) is 173 cm³/mol. The van der Waals surface area contributed by atoms with Crippen molar-refractivity contribution in [1.82, 2.24) is 0 Å². The van der Waals surface area contributed by atoms with Crippen molar-refractivity contribution in [3.05, 3.63) is 40.6 Å². The Kier molecular flexibility index (Phi) is 13.1. The first-order valence-electron chi connectivity index (χ1n) is 16.3. The summed E-state index contributed by atoms with van der Waals surface area (Å²) >= 11 is 0. The zero-order valence-corrected chi connectivity index (χ0v) is 27.8. The highest BCUT2D eigenvalue weighted by atomic mass is 16.7. The smallest absolute Gasteiger partial charge is 0.239 e. The van der Waals surface area contributed by atoms with Gasteiger partial charge in [0, 0.05) is 17.7 Å². The van der Waals surface area contributed by atoms with Crippen LogP contribution >= 0.6 is 0 Å². The van der Waals surface area contributed by atoms with Crippen molar-refractivity contribution in [2.75, 3.05) is 46.2 Å². The Morgan fingerprint density at radius 3 is 2.04 bits per heavy atom. The van der Waals surface area contributed by atoms with Crippen LogP contribution in [0.25, 0.3) is 22.3 Å². The molecule has 1 aromatic heterocycles. The van der Waals surface area contributed by atoms with Gasteiger partial charge in [-0.2, -0.15) is 0 Å². The first-order chi connectivity index (χ1) is 24.9. The van der Waals surface area contributed by atoms with E-state index < -0.39 is 84.9 Å². The van der Waals surface area contributed by atoms with E-state index in [4.69, 9.17) is 37.6 Å². The summed E-state index contributed by atoms with van der Waals surface area (Å²) in [5.74, 6) is -1.31. The lowest BCUT2D eigenvalue weighted by Gasteiger charge is -2.42. The second kappa shape index (κ2) is 17.3. The van der Waals surface area contributed by atoms with Crippen molar-refractivity contribution in [3.8, 4) is 40.1 Å². The van der Waals surface area contributed by atoms with Crippen LogP contribution in [0.15, 0.2) is 39.5 Å². The van der Waals surface area contributed by atoms with Gasteiger partial charge in [0.05, 0.1) is 32.5 Å². The summed E-state index contributed by atoms with van der Waals surface area (Å²) in [6.07, 6.45) is -16.3. The summed E-state index contributed by atoms with van der Waals surface area (Å²) in [6.45, 7) is -0.648. The Hall–Kier alpha value is -3.83. The largest absolute Gasteiger partial charge is 0.507 e. The number of rotatable bonds is 15. The lowest BCUT2D eigenvalue weighted by molar-refractivity contribution is -0.318. The van der Waals surface area contributed by atoms with Crippen molar-refractivity contribution >= 4 is 11.0 Å². The highest BCUT2D eigenvalue weighted by molar-refractivity contribution is 5.88. The summed E-state index contributed by atoms with van der Waals surface area (Å²) in [6, 6.07) is 6.59. The summed E-state index contributed by atoms with van der Waals surface area (Å²) in [7, 11) is 0. The number of aliphatic hydroxyl groups is 9. The van der Waals surface area contributed by atoms with Gasteiger partial charge in [-0.25, -0.2) is 0 Å². The molecule has 2 saturated heterocycles. The van der Waals surface area contributed by atoms with Gasteiger partial charge in [0.25, 0.3) is 0 Å². The number of hydrogen-bond donors (Lipinski definition) is 10. The van der Waals surface area contributed by atoms with Gasteiger partial charge in [-0.05, 0) is 25.1 Å².